The standard InChI is InChI=1S/C13H13ClN2O2.ClH/c1-8(17)16-12-5-11-10(4-13(12)18-2)3-9(6-14)7-15-11;/h3-5,7H,6H2,1-2H3,(H,16,17);1H. The number of aromatic nitrogens is 1. The van der Waals surface area contributed by atoms with E-state index >= 15 is 0 Å². The van der Waals surface area contributed by atoms with Crippen LogP contribution in [-0.4, -0.2) is 18.0 Å². The molecule has 102 valence electrons. The van der Waals surface area contributed by atoms with Crippen molar-refractivity contribution in [3.8, 4) is 5.75 Å². The maximum atomic E-state index is 11.1. The Kier molecular flexibility index (Phi) is 5.39. The van der Waals surface area contributed by atoms with E-state index in [2.05, 4.69) is 10.3 Å². The molecule has 19 heavy (non-hydrogen) atoms. The molecule has 1 aromatic heterocycles. The average molecular weight is 301 g/mol. The molecule has 0 radical (unpaired) electrons. The molecule has 0 aliphatic rings. The zero-order chi connectivity index (χ0) is 13.1. The first-order valence-corrected chi connectivity index (χ1v) is 5.97. The van der Waals surface area contributed by atoms with E-state index in [1.165, 1.54) is 6.92 Å². The molecule has 1 amide bonds. The molecule has 0 fully saturated rings. The van der Waals surface area contributed by atoms with Crippen molar-refractivity contribution >= 4 is 46.5 Å². The number of carbonyl (C=O) groups excluding carboxylic acids is 1. The van der Waals surface area contributed by atoms with E-state index in [0.717, 1.165) is 16.5 Å². The number of carbonyl (C=O) groups is 1. The summed E-state index contributed by atoms with van der Waals surface area (Å²) in [5.74, 6) is 0.870. The van der Waals surface area contributed by atoms with Crippen LogP contribution in [0.2, 0.25) is 0 Å². The Morgan fingerprint density at radius 3 is 2.74 bits per heavy atom. The van der Waals surface area contributed by atoms with Crippen LogP contribution < -0.4 is 10.1 Å². The van der Waals surface area contributed by atoms with Crippen LogP contribution in [0.15, 0.2) is 24.4 Å². The Labute approximate surface area is 122 Å². The molecule has 0 unspecified atom stereocenters. The van der Waals surface area contributed by atoms with Gasteiger partial charge in [-0.25, -0.2) is 0 Å². The molecule has 1 heterocycles. The number of fused-ring (bicyclic) bond motifs is 1. The molecule has 0 atom stereocenters. The van der Waals surface area contributed by atoms with Gasteiger partial charge < -0.3 is 10.1 Å². The highest BCUT2D eigenvalue weighted by Crippen LogP contribution is 2.29. The minimum absolute atomic E-state index is 0. The summed E-state index contributed by atoms with van der Waals surface area (Å²) < 4.78 is 5.25. The highest BCUT2D eigenvalue weighted by molar-refractivity contribution is 6.17. The third kappa shape index (κ3) is 3.49. The van der Waals surface area contributed by atoms with Crippen molar-refractivity contribution < 1.29 is 9.53 Å². The van der Waals surface area contributed by atoms with Crippen LogP contribution in [0.4, 0.5) is 5.69 Å². The molecule has 0 saturated heterocycles. The number of anilines is 1. The van der Waals surface area contributed by atoms with E-state index in [1.54, 1.807) is 19.4 Å². The van der Waals surface area contributed by atoms with Gasteiger partial charge in [0.2, 0.25) is 5.91 Å². The van der Waals surface area contributed by atoms with Crippen molar-refractivity contribution in [3.05, 3.63) is 30.0 Å². The number of methoxy groups -OCH3 is 1. The summed E-state index contributed by atoms with van der Waals surface area (Å²) in [4.78, 5) is 15.4. The summed E-state index contributed by atoms with van der Waals surface area (Å²) in [5.41, 5.74) is 2.34. The monoisotopic (exact) mass is 300 g/mol. The van der Waals surface area contributed by atoms with E-state index in [-0.39, 0.29) is 18.3 Å². The molecule has 2 rings (SSSR count). The first kappa shape index (κ1) is 15.5. The Morgan fingerprint density at radius 2 is 2.16 bits per heavy atom. The van der Waals surface area contributed by atoms with Crippen LogP contribution in [0.1, 0.15) is 12.5 Å². The molecule has 0 spiro atoms. The third-order valence-corrected chi connectivity index (χ3v) is 2.83. The maximum Gasteiger partial charge on any atom is 0.221 e. The number of alkyl halides is 1. The van der Waals surface area contributed by atoms with Gasteiger partial charge in [0.05, 0.1) is 18.3 Å². The number of benzene rings is 1. The van der Waals surface area contributed by atoms with Crippen molar-refractivity contribution in [2.75, 3.05) is 12.4 Å². The van der Waals surface area contributed by atoms with Crippen molar-refractivity contribution in [1.29, 1.82) is 0 Å². The fourth-order valence-corrected chi connectivity index (χ4v) is 1.88. The number of hydrogen-bond donors (Lipinski definition) is 1. The molecular weight excluding hydrogens is 287 g/mol. The lowest BCUT2D eigenvalue weighted by Gasteiger charge is -2.10. The number of ether oxygens (including phenoxy) is 1. The molecule has 0 aliphatic carbocycles. The summed E-state index contributed by atoms with van der Waals surface area (Å²) in [6, 6.07) is 5.58. The first-order valence-electron chi connectivity index (χ1n) is 5.44. The predicted molar refractivity (Wildman–Crippen MR) is 79.4 cm³/mol. The second kappa shape index (κ2) is 6.59. The van der Waals surface area contributed by atoms with Gasteiger partial charge in [-0.1, -0.05) is 0 Å². The van der Waals surface area contributed by atoms with Gasteiger partial charge in [0.1, 0.15) is 5.75 Å². The third-order valence-electron chi connectivity index (χ3n) is 2.52. The van der Waals surface area contributed by atoms with Crippen LogP contribution in [0.3, 0.4) is 0 Å². The highest BCUT2D eigenvalue weighted by atomic mass is 35.5. The maximum absolute atomic E-state index is 11.1. The first-order chi connectivity index (χ1) is 8.63. The molecule has 1 aromatic carbocycles. The number of amides is 1. The lowest BCUT2D eigenvalue weighted by molar-refractivity contribution is -0.114. The van der Waals surface area contributed by atoms with Crippen molar-refractivity contribution in [1.82, 2.24) is 4.98 Å². The van der Waals surface area contributed by atoms with Gasteiger partial charge in [-0.2, -0.15) is 0 Å². The molecule has 2 aromatic rings. The average Bonchev–Trinajstić information content (AvgIpc) is 2.36. The van der Waals surface area contributed by atoms with Gasteiger partial charge >= 0.3 is 0 Å². The van der Waals surface area contributed by atoms with E-state index in [4.69, 9.17) is 16.3 Å². The fourth-order valence-electron chi connectivity index (χ4n) is 1.73. The summed E-state index contributed by atoms with van der Waals surface area (Å²) in [6.07, 6.45) is 1.72. The number of nitrogens with zero attached hydrogens (tertiary/aromatic N) is 1. The summed E-state index contributed by atoms with van der Waals surface area (Å²) in [7, 11) is 1.56. The number of nitrogens with one attached hydrogen (secondary N) is 1. The van der Waals surface area contributed by atoms with Gasteiger partial charge in [-0.05, 0) is 23.8 Å². The minimum atomic E-state index is -0.148. The predicted octanol–water partition coefficient (Wildman–Crippen LogP) is 3.36. The fraction of sp³-hybridized carbons (Fsp3) is 0.231. The van der Waals surface area contributed by atoms with E-state index in [1.807, 2.05) is 12.1 Å². The van der Waals surface area contributed by atoms with Crippen molar-refractivity contribution in [3.63, 3.8) is 0 Å². The lowest BCUT2D eigenvalue weighted by Crippen LogP contribution is -2.07. The molecule has 4 nitrogen and oxygen atoms in total. The summed E-state index contributed by atoms with van der Waals surface area (Å²) in [5, 5.41) is 3.64. The van der Waals surface area contributed by atoms with Crippen molar-refractivity contribution in [2.24, 2.45) is 0 Å². The number of pyridine rings is 1. The molecule has 6 heteroatoms. The molecule has 1 N–H and O–H groups in total. The van der Waals surface area contributed by atoms with Gasteiger partial charge in [-0.15, -0.1) is 24.0 Å². The van der Waals surface area contributed by atoms with E-state index < -0.39 is 0 Å². The molecule has 0 saturated carbocycles. The van der Waals surface area contributed by atoms with E-state index in [9.17, 15) is 4.79 Å². The zero-order valence-corrected chi connectivity index (χ0v) is 12.1. The largest absolute Gasteiger partial charge is 0.495 e. The van der Waals surface area contributed by atoms with Crippen LogP contribution in [0.5, 0.6) is 5.75 Å². The Morgan fingerprint density at radius 1 is 1.42 bits per heavy atom. The van der Waals surface area contributed by atoms with Gasteiger partial charge in [0.25, 0.3) is 0 Å². The summed E-state index contributed by atoms with van der Waals surface area (Å²) in [6.45, 7) is 1.45. The SMILES string of the molecule is COc1cc2cc(CCl)cnc2cc1NC(C)=O.Cl. The number of rotatable bonds is 3. The quantitative estimate of drug-likeness (QED) is 0.884. The van der Waals surface area contributed by atoms with Crippen LogP contribution in [0.25, 0.3) is 10.9 Å². The van der Waals surface area contributed by atoms with E-state index in [0.29, 0.717) is 17.3 Å². The highest BCUT2D eigenvalue weighted by Gasteiger charge is 2.08. The zero-order valence-electron chi connectivity index (χ0n) is 10.6. The number of halogens is 2. The topological polar surface area (TPSA) is 51.2 Å². The molecular formula is C13H14Cl2N2O2. The van der Waals surface area contributed by atoms with Crippen LogP contribution >= 0.6 is 24.0 Å². The van der Waals surface area contributed by atoms with Crippen molar-refractivity contribution in [2.45, 2.75) is 12.8 Å². The Hall–Kier alpha value is -1.52. The van der Waals surface area contributed by atoms with Gasteiger partial charge in [-0.3, -0.25) is 9.78 Å². The molecule has 0 bridgehead atoms. The normalized spacial score (nSPS) is 9.84. The van der Waals surface area contributed by atoms with Crippen LogP contribution in [0, 0.1) is 0 Å². The second-order valence-electron chi connectivity index (χ2n) is 3.90. The minimum Gasteiger partial charge on any atom is -0.495 e. The lowest BCUT2D eigenvalue weighted by atomic mass is 10.1. The van der Waals surface area contributed by atoms with Crippen LogP contribution in [-0.2, 0) is 10.7 Å². The Bertz CT molecular complexity index is 602. The summed E-state index contributed by atoms with van der Waals surface area (Å²) >= 11 is 5.77. The second-order valence-corrected chi connectivity index (χ2v) is 4.17. The Balaban J connectivity index is 0.00000180. The van der Waals surface area contributed by atoms with Gasteiger partial charge in [0, 0.05) is 24.4 Å². The van der Waals surface area contributed by atoms with Gasteiger partial charge in [0.15, 0.2) is 0 Å². The smallest absolute Gasteiger partial charge is 0.221 e. The number of hydrogen-bond acceptors (Lipinski definition) is 3. The molecule has 0 aliphatic heterocycles.